The van der Waals surface area contributed by atoms with Crippen LogP contribution in [-0.4, -0.2) is 15.4 Å². The number of H-pyrrole nitrogens is 1. The average molecular weight is 225 g/mol. The molecule has 1 N–H and O–H groups in total. The van der Waals surface area contributed by atoms with Gasteiger partial charge in [0.15, 0.2) is 0 Å². The largest absolute Gasteiger partial charge is 0.197 e. The molecule has 13 heavy (non-hydrogen) atoms. The van der Waals surface area contributed by atoms with Gasteiger partial charge < -0.3 is 0 Å². The van der Waals surface area contributed by atoms with Crippen LogP contribution >= 0.6 is 0 Å². The summed E-state index contributed by atoms with van der Waals surface area (Å²) in [6, 6.07) is 8.19. The fraction of sp³-hybridized carbons (Fsp3) is 0.111. The molecule has 1 aromatic carbocycles. The van der Waals surface area contributed by atoms with E-state index in [2.05, 4.69) is 34.5 Å². The van der Waals surface area contributed by atoms with Crippen molar-refractivity contribution in [2.75, 3.05) is 0 Å². The van der Waals surface area contributed by atoms with Gasteiger partial charge in [-0.3, -0.25) is 0 Å². The first-order valence-corrected chi connectivity index (χ1v) is 3.79. The molecule has 0 fully saturated rings. The standard InChI is InChI=1S/C9H9N3.Zn/c1-7-2-4-8(5-3-7)9-6-10-12-11-9;/h2-6H,1H3,(H,10,11,12);. The molecule has 0 saturated carbocycles. The van der Waals surface area contributed by atoms with Crippen LogP contribution < -0.4 is 0 Å². The summed E-state index contributed by atoms with van der Waals surface area (Å²) in [5.74, 6) is 0. The maximum Gasteiger partial charge on any atom is 0.112 e. The minimum Gasteiger partial charge on any atom is -0.197 e. The molecule has 0 saturated heterocycles. The molecular weight excluding hydrogens is 216 g/mol. The molecule has 0 amide bonds. The Morgan fingerprint density at radius 2 is 1.85 bits per heavy atom. The van der Waals surface area contributed by atoms with Crippen molar-refractivity contribution in [2.24, 2.45) is 0 Å². The summed E-state index contributed by atoms with van der Waals surface area (Å²) in [7, 11) is 0. The molecule has 1 heterocycles. The van der Waals surface area contributed by atoms with Crippen molar-refractivity contribution < 1.29 is 19.5 Å². The first kappa shape index (κ1) is 10.1. The number of hydrogen-bond acceptors (Lipinski definition) is 2. The van der Waals surface area contributed by atoms with Gasteiger partial charge in [0.05, 0.1) is 6.20 Å². The van der Waals surface area contributed by atoms with E-state index in [-0.39, 0.29) is 19.5 Å². The van der Waals surface area contributed by atoms with E-state index in [1.54, 1.807) is 6.20 Å². The Morgan fingerprint density at radius 3 is 2.38 bits per heavy atom. The molecular formula is C9H9N3Zn. The minimum atomic E-state index is 0. The van der Waals surface area contributed by atoms with Crippen molar-refractivity contribution in [2.45, 2.75) is 6.92 Å². The summed E-state index contributed by atoms with van der Waals surface area (Å²) < 4.78 is 0. The summed E-state index contributed by atoms with van der Waals surface area (Å²) in [4.78, 5) is 0. The number of hydrogen-bond donors (Lipinski definition) is 1. The van der Waals surface area contributed by atoms with Crippen molar-refractivity contribution >= 4 is 0 Å². The van der Waals surface area contributed by atoms with Crippen LogP contribution in [0.1, 0.15) is 5.56 Å². The number of aromatic nitrogens is 3. The molecule has 0 aliphatic rings. The van der Waals surface area contributed by atoms with Crippen molar-refractivity contribution in [3.05, 3.63) is 36.0 Å². The van der Waals surface area contributed by atoms with Gasteiger partial charge in [0.25, 0.3) is 0 Å². The minimum absolute atomic E-state index is 0. The molecule has 0 radical (unpaired) electrons. The summed E-state index contributed by atoms with van der Waals surface area (Å²) in [5.41, 5.74) is 3.23. The number of nitrogens with zero attached hydrogens (tertiary/aromatic N) is 2. The van der Waals surface area contributed by atoms with Crippen LogP contribution in [0.15, 0.2) is 30.5 Å². The van der Waals surface area contributed by atoms with Gasteiger partial charge in [-0.25, -0.2) is 0 Å². The van der Waals surface area contributed by atoms with Crippen LogP contribution in [0.3, 0.4) is 0 Å². The second-order valence-corrected chi connectivity index (χ2v) is 2.72. The summed E-state index contributed by atoms with van der Waals surface area (Å²) in [6.45, 7) is 2.06. The predicted molar refractivity (Wildman–Crippen MR) is 46.6 cm³/mol. The SMILES string of the molecule is Cc1ccc(-c2cn[nH]n2)cc1.[Zn]. The Hall–Kier alpha value is -1.02. The molecule has 3 nitrogen and oxygen atoms in total. The van der Waals surface area contributed by atoms with Gasteiger partial charge in [0.2, 0.25) is 0 Å². The first-order chi connectivity index (χ1) is 5.86. The van der Waals surface area contributed by atoms with Gasteiger partial charge in [-0.2, -0.15) is 15.4 Å². The van der Waals surface area contributed by atoms with Crippen molar-refractivity contribution in [3.8, 4) is 11.3 Å². The normalized spacial score (nSPS) is 9.31. The number of benzene rings is 1. The van der Waals surface area contributed by atoms with Crippen LogP contribution in [0.4, 0.5) is 0 Å². The molecule has 0 unspecified atom stereocenters. The molecule has 0 atom stereocenters. The third-order valence-electron chi connectivity index (χ3n) is 1.76. The van der Waals surface area contributed by atoms with Gasteiger partial charge in [-0.05, 0) is 6.92 Å². The third kappa shape index (κ3) is 2.22. The average Bonchev–Trinajstić information content (AvgIpc) is 2.58. The third-order valence-corrected chi connectivity index (χ3v) is 1.76. The number of aryl methyl sites for hydroxylation is 1. The Morgan fingerprint density at radius 1 is 1.15 bits per heavy atom. The Bertz CT molecular complexity index is 353. The van der Waals surface area contributed by atoms with E-state index >= 15 is 0 Å². The van der Waals surface area contributed by atoms with Crippen molar-refractivity contribution in [1.82, 2.24) is 15.4 Å². The molecule has 62 valence electrons. The summed E-state index contributed by atoms with van der Waals surface area (Å²) >= 11 is 0. The molecule has 2 rings (SSSR count). The molecule has 4 heteroatoms. The Labute approximate surface area is 89.3 Å². The maximum atomic E-state index is 3.98. The number of rotatable bonds is 1. The smallest absolute Gasteiger partial charge is 0.112 e. The molecule has 0 bridgehead atoms. The Kier molecular flexibility index (Phi) is 3.32. The number of nitrogens with one attached hydrogen (secondary N) is 1. The fourth-order valence-electron chi connectivity index (χ4n) is 1.07. The number of aromatic amines is 1. The topological polar surface area (TPSA) is 41.6 Å². The molecule has 0 aliphatic heterocycles. The molecule has 1 aromatic heterocycles. The zero-order valence-corrected chi connectivity index (χ0v) is 10.5. The monoisotopic (exact) mass is 223 g/mol. The quantitative estimate of drug-likeness (QED) is 0.751. The van der Waals surface area contributed by atoms with Gasteiger partial charge in [0, 0.05) is 25.0 Å². The second kappa shape index (κ2) is 4.29. The second-order valence-electron chi connectivity index (χ2n) is 2.72. The maximum absolute atomic E-state index is 3.98. The van der Waals surface area contributed by atoms with Crippen LogP contribution in [0.25, 0.3) is 11.3 Å². The summed E-state index contributed by atoms with van der Waals surface area (Å²) in [5, 5.41) is 10.3. The molecule has 0 aliphatic carbocycles. The van der Waals surface area contributed by atoms with Crippen LogP contribution in [0.5, 0.6) is 0 Å². The van der Waals surface area contributed by atoms with E-state index in [4.69, 9.17) is 0 Å². The molecule has 0 spiro atoms. The van der Waals surface area contributed by atoms with Gasteiger partial charge in [-0.1, -0.05) is 29.8 Å². The molecule has 2 aromatic rings. The van der Waals surface area contributed by atoms with E-state index in [0.29, 0.717) is 0 Å². The first-order valence-electron chi connectivity index (χ1n) is 3.79. The van der Waals surface area contributed by atoms with E-state index in [0.717, 1.165) is 11.3 Å². The van der Waals surface area contributed by atoms with Gasteiger partial charge in [-0.15, -0.1) is 0 Å². The van der Waals surface area contributed by atoms with E-state index in [1.807, 2.05) is 12.1 Å². The Balaban J connectivity index is 0.000000845. The summed E-state index contributed by atoms with van der Waals surface area (Å²) in [6.07, 6.45) is 1.71. The fourth-order valence-corrected chi connectivity index (χ4v) is 1.07. The van der Waals surface area contributed by atoms with Gasteiger partial charge >= 0.3 is 0 Å². The van der Waals surface area contributed by atoms with Crippen LogP contribution in [-0.2, 0) is 19.5 Å². The van der Waals surface area contributed by atoms with Crippen molar-refractivity contribution in [1.29, 1.82) is 0 Å². The van der Waals surface area contributed by atoms with Crippen molar-refractivity contribution in [3.63, 3.8) is 0 Å². The predicted octanol–water partition coefficient (Wildman–Crippen LogP) is 1.78. The van der Waals surface area contributed by atoms with Crippen LogP contribution in [0.2, 0.25) is 0 Å². The van der Waals surface area contributed by atoms with E-state index in [9.17, 15) is 0 Å². The van der Waals surface area contributed by atoms with E-state index in [1.165, 1.54) is 5.56 Å². The van der Waals surface area contributed by atoms with Gasteiger partial charge in [0.1, 0.15) is 5.69 Å². The van der Waals surface area contributed by atoms with Crippen LogP contribution in [0, 0.1) is 6.92 Å². The zero-order valence-electron chi connectivity index (χ0n) is 7.49. The zero-order chi connectivity index (χ0) is 8.39. The van der Waals surface area contributed by atoms with E-state index < -0.39 is 0 Å².